The molecule has 5 nitrogen and oxygen atoms in total. The average Bonchev–Trinajstić information content (AvgIpc) is 2.99. The molecule has 0 aromatic heterocycles. The zero-order valence-electron chi connectivity index (χ0n) is 18.7. The van der Waals surface area contributed by atoms with Gasteiger partial charge in [-0.2, -0.15) is 0 Å². The molecule has 0 aliphatic carbocycles. The van der Waals surface area contributed by atoms with Gasteiger partial charge < -0.3 is 10.1 Å². The molecule has 1 aliphatic rings. The first-order valence-electron chi connectivity index (χ1n) is 10.4. The summed E-state index contributed by atoms with van der Waals surface area (Å²) in [4.78, 5) is 28.2. The first-order valence-corrected chi connectivity index (χ1v) is 10.4. The van der Waals surface area contributed by atoms with Crippen LogP contribution in [0, 0.1) is 20.8 Å². The molecule has 1 aliphatic heterocycles. The number of ether oxygens (including phenoxy) is 1. The zero-order valence-corrected chi connectivity index (χ0v) is 18.7. The third-order valence-electron chi connectivity index (χ3n) is 5.45. The normalized spacial score (nSPS) is 14.1. The monoisotopic (exact) mass is 466 g/mol. The van der Waals surface area contributed by atoms with Gasteiger partial charge in [0.2, 0.25) is 0 Å². The number of nitrogens with one attached hydrogen (secondary N) is 1. The van der Waals surface area contributed by atoms with Crippen molar-refractivity contribution < 1.29 is 27.5 Å². The third kappa shape index (κ3) is 4.52. The fourth-order valence-corrected chi connectivity index (χ4v) is 3.91. The van der Waals surface area contributed by atoms with E-state index < -0.39 is 23.9 Å². The van der Waals surface area contributed by atoms with Gasteiger partial charge in [-0.25, -0.2) is 4.90 Å². The van der Waals surface area contributed by atoms with Crippen LogP contribution >= 0.6 is 0 Å². The Bertz CT molecular complexity index is 1310. The van der Waals surface area contributed by atoms with Crippen LogP contribution in [-0.2, 0) is 9.59 Å². The Hall–Kier alpha value is -4.07. The maximum absolute atomic E-state index is 13.6. The van der Waals surface area contributed by atoms with Gasteiger partial charge in [-0.15, -0.1) is 13.2 Å². The number of amides is 2. The lowest BCUT2D eigenvalue weighted by Gasteiger charge is -2.18. The highest BCUT2D eigenvalue weighted by Crippen LogP contribution is 2.36. The fourth-order valence-electron chi connectivity index (χ4n) is 3.91. The highest BCUT2D eigenvalue weighted by Gasteiger charge is 2.41. The number of halogens is 3. The van der Waals surface area contributed by atoms with E-state index in [9.17, 15) is 22.8 Å². The summed E-state index contributed by atoms with van der Waals surface area (Å²) in [6.45, 7) is 5.58. The van der Waals surface area contributed by atoms with E-state index in [-0.39, 0.29) is 11.3 Å². The maximum atomic E-state index is 13.6. The zero-order chi connectivity index (χ0) is 24.6. The molecule has 8 heteroatoms. The van der Waals surface area contributed by atoms with Crippen LogP contribution in [0.25, 0.3) is 5.57 Å². The van der Waals surface area contributed by atoms with E-state index in [0.29, 0.717) is 16.9 Å². The summed E-state index contributed by atoms with van der Waals surface area (Å²) in [6.07, 6.45) is -4.81. The predicted molar refractivity (Wildman–Crippen MR) is 123 cm³/mol. The molecule has 174 valence electrons. The van der Waals surface area contributed by atoms with Crippen LogP contribution in [0.1, 0.15) is 22.3 Å². The second-order valence-corrected chi connectivity index (χ2v) is 8.00. The molecular weight excluding hydrogens is 445 g/mol. The lowest BCUT2D eigenvalue weighted by atomic mass is 9.97. The predicted octanol–water partition coefficient (Wildman–Crippen LogP) is 5.91. The van der Waals surface area contributed by atoms with Crippen molar-refractivity contribution in [2.24, 2.45) is 0 Å². The molecule has 4 rings (SSSR count). The standard InChI is InChI=1S/C26H21F3N2O3/c1-15-8-13-20(17(3)14-15)22-23(30-18-9-11-19(12-10-18)34-26(27,28)29)25(33)31(24(22)32)21-7-5-4-6-16(21)2/h4-14,30H,1-3H3. The number of benzene rings is 3. The second-order valence-electron chi connectivity index (χ2n) is 8.00. The van der Waals surface area contributed by atoms with Gasteiger partial charge in [0.15, 0.2) is 0 Å². The number of alkyl halides is 3. The fraction of sp³-hybridized carbons (Fsp3) is 0.154. The van der Waals surface area contributed by atoms with Crippen LogP contribution < -0.4 is 15.0 Å². The van der Waals surface area contributed by atoms with Crippen molar-refractivity contribution in [3.8, 4) is 5.75 Å². The molecule has 0 saturated heterocycles. The van der Waals surface area contributed by atoms with Crippen molar-refractivity contribution in [1.82, 2.24) is 0 Å². The smallest absolute Gasteiger partial charge is 0.406 e. The first kappa shape index (κ1) is 23.1. The largest absolute Gasteiger partial charge is 0.573 e. The Kier molecular flexibility index (Phi) is 5.91. The number of aryl methyl sites for hydroxylation is 3. The van der Waals surface area contributed by atoms with Crippen LogP contribution in [0.4, 0.5) is 24.5 Å². The highest BCUT2D eigenvalue weighted by molar-refractivity contribution is 6.46. The summed E-state index contributed by atoms with van der Waals surface area (Å²) < 4.78 is 41.3. The molecule has 0 atom stereocenters. The summed E-state index contributed by atoms with van der Waals surface area (Å²) >= 11 is 0. The molecule has 0 unspecified atom stereocenters. The topological polar surface area (TPSA) is 58.6 Å². The summed E-state index contributed by atoms with van der Waals surface area (Å²) in [7, 11) is 0. The number of imide groups is 1. The summed E-state index contributed by atoms with van der Waals surface area (Å²) in [5.41, 5.74) is 4.20. The molecule has 2 amide bonds. The lowest BCUT2D eigenvalue weighted by molar-refractivity contribution is -0.274. The number of nitrogens with zero attached hydrogens (tertiary/aromatic N) is 1. The van der Waals surface area contributed by atoms with Gasteiger partial charge in [-0.1, -0.05) is 42.0 Å². The molecule has 0 radical (unpaired) electrons. The Morgan fingerprint density at radius 1 is 0.824 bits per heavy atom. The Morgan fingerprint density at radius 2 is 1.50 bits per heavy atom. The van der Waals surface area contributed by atoms with E-state index in [2.05, 4.69) is 10.1 Å². The Morgan fingerprint density at radius 3 is 2.12 bits per heavy atom. The number of para-hydroxylation sites is 1. The molecular formula is C26H21F3N2O3. The van der Waals surface area contributed by atoms with Crippen molar-refractivity contribution in [2.75, 3.05) is 10.2 Å². The number of rotatable bonds is 5. The van der Waals surface area contributed by atoms with Crippen molar-refractivity contribution in [3.63, 3.8) is 0 Å². The van der Waals surface area contributed by atoms with Gasteiger partial charge >= 0.3 is 6.36 Å². The summed E-state index contributed by atoms with van der Waals surface area (Å²) in [5.74, 6) is -1.42. The van der Waals surface area contributed by atoms with Crippen molar-refractivity contribution in [2.45, 2.75) is 27.1 Å². The minimum Gasteiger partial charge on any atom is -0.406 e. The number of hydrogen-bond acceptors (Lipinski definition) is 4. The van der Waals surface area contributed by atoms with Gasteiger partial charge in [0.25, 0.3) is 11.8 Å². The highest BCUT2D eigenvalue weighted by atomic mass is 19.4. The van der Waals surface area contributed by atoms with Gasteiger partial charge in [0.05, 0.1) is 11.3 Å². The molecule has 0 saturated carbocycles. The third-order valence-corrected chi connectivity index (χ3v) is 5.45. The SMILES string of the molecule is Cc1ccc(C2=C(Nc3ccc(OC(F)(F)F)cc3)C(=O)N(c3ccccc3C)C2=O)c(C)c1. The lowest BCUT2D eigenvalue weighted by Crippen LogP contribution is -2.33. The quantitative estimate of drug-likeness (QED) is 0.475. The van der Waals surface area contributed by atoms with E-state index >= 15 is 0 Å². The first-order chi connectivity index (χ1) is 16.0. The van der Waals surface area contributed by atoms with Crippen molar-refractivity contribution in [1.29, 1.82) is 0 Å². The van der Waals surface area contributed by atoms with E-state index in [4.69, 9.17) is 0 Å². The van der Waals surface area contributed by atoms with Crippen LogP contribution in [0.5, 0.6) is 5.75 Å². The molecule has 1 heterocycles. The van der Waals surface area contributed by atoms with Gasteiger partial charge in [0.1, 0.15) is 11.4 Å². The molecule has 0 bridgehead atoms. The van der Waals surface area contributed by atoms with Gasteiger partial charge in [-0.3, -0.25) is 9.59 Å². The summed E-state index contributed by atoms with van der Waals surface area (Å²) in [5, 5.41) is 2.95. The minimum atomic E-state index is -4.81. The molecule has 34 heavy (non-hydrogen) atoms. The van der Waals surface area contributed by atoms with Crippen molar-refractivity contribution >= 4 is 28.8 Å². The van der Waals surface area contributed by atoms with Gasteiger partial charge in [-0.05, 0) is 67.8 Å². The average molecular weight is 466 g/mol. The molecule has 1 N–H and O–H groups in total. The van der Waals surface area contributed by atoms with E-state index in [1.54, 1.807) is 31.2 Å². The van der Waals surface area contributed by atoms with Gasteiger partial charge in [0, 0.05) is 5.69 Å². The summed E-state index contributed by atoms with van der Waals surface area (Å²) in [6, 6.07) is 17.6. The van der Waals surface area contributed by atoms with E-state index in [1.807, 2.05) is 32.0 Å². The number of hydrogen-bond donors (Lipinski definition) is 1. The van der Waals surface area contributed by atoms with E-state index in [0.717, 1.165) is 33.7 Å². The number of carbonyl (C=O) groups excluding carboxylic acids is 2. The molecule has 3 aromatic rings. The molecule has 0 fully saturated rings. The minimum absolute atomic E-state index is 0.0460. The number of carbonyl (C=O) groups is 2. The van der Waals surface area contributed by atoms with Crippen molar-refractivity contribution in [3.05, 3.63) is 94.7 Å². The second kappa shape index (κ2) is 8.70. The molecule has 0 spiro atoms. The van der Waals surface area contributed by atoms with Crippen LogP contribution in [0.2, 0.25) is 0 Å². The molecule has 3 aromatic carbocycles. The van der Waals surface area contributed by atoms with E-state index in [1.165, 1.54) is 12.1 Å². The van der Waals surface area contributed by atoms with Crippen LogP contribution in [0.15, 0.2) is 72.4 Å². The Balaban J connectivity index is 1.78. The Labute approximate surface area is 194 Å². The number of anilines is 2. The maximum Gasteiger partial charge on any atom is 0.573 e. The van der Waals surface area contributed by atoms with Crippen LogP contribution in [-0.4, -0.2) is 18.2 Å². The van der Waals surface area contributed by atoms with Crippen LogP contribution in [0.3, 0.4) is 0 Å².